The second kappa shape index (κ2) is 8.59. The first-order valence-electron chi connectivity index (χ1n) is 9.18. The van der Waals surface area contributed by atoms with E-state index in [4.69, 9.17) is 9.47 Å². The molecule has 2 aromatic heterocycles. The molecule has 0 bridgehead atoms. The van der Waals surface area contributed by atoms with Crippen molar-refractivity contribution in [1.82, 2.24) is 14.6 Å². The van der Waals surface area contributed by atoms with Crippen molar-refractivity contribution in [3.63, 3.8) is 0 Å². The monoisotopic (exact) mass is 398 g/mol. The van der Waals surface area contributed by atoms with E-state index in [1.54, 1.807) is 31.2 Å². The topological polar surface area (TPSA) is 115 Å². The third-order valence-electron chi connectivity index (χ3n) is 4.29. The number of benzene rings is 1. The van der Waals surface area contributed by atoms with Gasteiger partial charge in [-0.2, -0.15) is 0 Å². The first-order chi connectivity index (χ1) is 13.9. The van der Waals surface area contributed by atoms with Crippen molar-refractivity contribution in [1.29, 1.82) is 0 Å². The van der Waals surface area contributed by atoms with E-state index in [1.807, 2.05) is 6.92 Å². The van der Waals surface area contributed by atoms with Crippen molar-refractivity contribution in [2.24, 2.45) is 0 Å². The minimum atomic E-state index is -0.412. The summed E-state index contributed by atoms with van der Waals surface area (Å²) >= 11 is 0. The Balaban J connectivity index is 1.83. The Morgan fingerprint density at radius 3 is 2.62 bits per heavy atom. The quantitative estimate of drug-likeness (QED) is 0.589. The van der Waals surface area contributed by atoms with Crippen molar-refractivity contribution in [2.45, 2.75) is 27.2 Å². The summed E-state index contributed by atoms with van der Waals surface area (Å²) in [4.78, 5) is 40.7. The highest BCUT2D eigenvalue weighted by Gasteiger charge is 2.18. The third kappa shape index (κ3) is 4.45. The lowest BCUT2D eigenvalue weighted by Crippen LogP contribution is -2.24. The average Bonchev–Trinajstić information content (AvgIpc) is 3.10. The molecule has 3 aromatic rings. The van der Waals surface area contributed by atoms with Crippen LogP contribution in [0.5, 0.6) is 5.75 Å². The maximum Gasteiger partial charge on any atom is 0.302 e. The Morgan fingerprint density at radius 1 is 1.24 bits per heavy atom. The molecule has 0 aliphatic heterocycles. The predicted octanol–water partition coefficient (Wildman–Crippen LogP) is 2.09. The zero-order valence-electron chi connectivity index (χ0n) is 16.4. The van der Waals surface area contributed by atoms with Gasteiger partial charge in [-0.05, 0) is 38.1 Å². The van der Waals surface area contributed by atoms with E-state index in [9.17, 15) is 14.4 Å². The molecule has 0 fully saturated rings. The summed E-state index contributed by atoms with van der Waals surface area (Å²) in [6.07, 6.45) is 1.68. The molecule has 2 N–H and O–H groups in total. The summed E-state index contributed by atoms with van der Waals surface area (Å²) in [6.45, 7) is 5.53. The second-order valence-electron chi connectivity index (χ2n) is 6.33. The number of carbonyl (C=O) groups is 2. The molecule has 0 atom stereocenters. The van der Waals surface area contributed by atoms with Crippen LogP contribution in [-0.2, 0) is 16.0 Å². The molecular weight excluding hydrogens is 376 g/mol. The van der Waals surface area contributed by atoms with E-state index in [0.29, 0.717) is 29.3 Å². The Labute approximate surface area is 166 Å². The molecule has 0 saturated heterocycles. The van der Waals surface area contributed by atoms with Crippen LogP contribution in [0, 0.1) is 6.92 Å². The van der Waals surface area contributed by atoms with Gasteiger partial charge in [0.05, 0.1) is 13.2 Å². The van der Waals surface area contributed by atoms with Crippen molar-refractivity contribution in [3.8, 4) is 5.75 Å². The molecule has 0 unspecified atom stereocenters. The summed E-state index contributed by atoms with van der Waals surface area (Å²) < 4.78 is 11.5. The smallest absolute Gasteiger partial charge is 0.302 e. The molecule has 0 radical (unpaired) electrons. The van der Waals surface area contributed by atoms with Crippen LogP contribution >= 0.6 is 0 Å². The molecule has 9 nitrogen and oxygen atoms in total. The molecule has 0 spiro atoms. The Bertz CT molecular complexity index is 1100. The van der Waals surface area contributed by atoms with Crippen LogP contribution in [0.25, 0.3) is 5.65 Å². The number of carbonyl (C=O) groups excluding carboxylic acids is 2. The van der Waals surface area contributed by atoms with Gasteiger partial charge in [0.25, 0.3) is 11.5 Å². The number of hydrogen-bond donors (Lipinski definition) is 2. The average molecular weight is 398 g/mol. The first-order valence-corrected chi connectivity index (χ1v) is 9.18. The lowest BCUT2D eigenvalue weighted by molar-refractivity contribution is -0.140. The maximum atomic E-state index is 12.7. The highest BCUT2D eigenvalue weighted by molar-refractivity contribution is 6.08. The van der Waals surface area contributed by atoms with Gasteiger partial charge in [0, 0.05) is 36.5 Å². The minimum Gasteiger partial charge on any atom is -0.494 e. The van der Waals surface area contributed by atoms with Crippen LogP contribution in [0.2, 0.25) is 0 Å². The summed E-state index contributed by atoms with van der Waals surface area (Å²) in [6, 6.07) is 6.98. The van der Waals surface area contributed by atoms with E-state index in [2.05, 4.69) is 15.4 Å². The normalized spacial score (nSPS) is 10.7. The van der Waals surface area contributed by atoms with Gasteiger partial charge in [-0.25, -0.2) is 9.50 Å². The zero-order chi connectivity index (χ0) is 21.0. The summed E-state index contributed by atoms with van der Waals surface area (Å²) in [5, 5.41) is 5.55. The maximum absolute atomic E-state index is 12.7. The van der Waals surface area contributed by atoms with Gasteiger partial charge in [-0.3, -0.25) is 19.5 Å². The molecule has 3 rings (SSSR count). The first kappa shape index (κ1) is 20.1. The fraction of sp³-hybridized carbons (Fsp3) is 0.300. The summed E-state index contributed by atoms with van der Waals surface area (Å²) in [7, 11) is 0. The number of amides is 1. The molecule has 0 aliphatic rings. The van der Waals surface area contributed by atoms with Crippen LogP contribution in [-0.4, -0.2) is 39.7 Å². The Morgan fingerprint density at radius 2 is 1.97 bits per heavy atom. The highest BCUT2D eigenvalue weighted by Crippen LogP contribution is 2.17. The van der Waals surface area contributed by atoms with Crippen LogP contribution in [0.3, 0.4) is 0 Å². The van der Waals surface area contributed by atoms with Crippen LogP contribution in [0.1, 0.15) is 35.5 Å². The van der Waals surface area contributed by atoms with Crippen LogP contribution in [0.15, 0.2) is 35.3 Å². The fourth-order valence-corrected chi connectivity index (χ4v) is 2.91. The van der Waals surface area contributed by atoms with E-state index >= 15 is 0 Å². The molecule has 1 aromatic carbocycles. The van der Waals surface area contributed by atoms with Gasteiger partial charge in [0.2, 0.25) is 0 Å². The number of nitrogens with zero attached hydrogens (tertiary/aromatic N) is 2. The molecule has 0 aliphatic carbocycles. The number of aromatic amines is 1. The lowest BCUT2D eigenvalue weighted by Gasteiger charge is -2.08. The molecule has 1 amide bonds. The van der Waals surface area contributed by atoms with E-state index in [-0.39, 0.29) is 29.8 Å². The van der Waals surface area contributed by atoms with Gasteiger partial charge in [-0.1, -0.05) is 0 Å². The van der Waals surface area contributed by atoms with Crippen molar-refractivity contribution >= 4 is 23.2 Å². The number of fused-ring (bicyclic) bond motifs is 1. The summed E-state index contributed by atoms with van der Waals surface area (Å²) in [5.41, 5.74) is 1.63. The van der Waals surface area contributed by atoms with Gasteiger partial charge in [-0.15, -0.1) is 0 Å². The standard InChI is InChI=1S/C20H22N4O5/c1-4-28-15-7-5-14(6-8-15)23-19(26)17-11-21-24-18(17)22-12(2)16(20(24)27)9-10-29-13(3)25/h5-8,11,21H,4,9-10H2,1-3H3,(H,23,26). The number of hydrogen-bond acceptors (Lipinski definition) is 6. The van der Waals surface area contributed by atoms with Crippen LogP contribution < -0.4 is 15.6 Å². The molecule has 152 valence electrons. The number of esters is 1. The van der Waals surface area contributed by atoms with Crippen LogP contribution in [0.4, 0.5) is 5.69 Å². The van der Waals surface area contributed by atoms with Crippen molar-refractivity contribution < 1.29 is 19.1 Å². The number of H-pyrrole nitrogens is 1. The van der Waals surface area contributed by atoms with Gasteiger partial charge >= 0.3 is 5.97 Å². The molecule has 2 heterocycles. The predicted molar refractivity (Wildman–Crippen MR) is 106 cm³/mol. The number of aryl methyl sites for hydroxylation is 1. The Kier molecular flexibility index (Phi) is 5.96. The third-order valence-corrected chi connectivity index (χ3v) is 4.29. The molecular formula is C20H22N4O5. The van der Waals surface area contributed by atoms with Crippen molar-refractivity contribution in [3.05, 3.63) is 57.6 Å². The van der Waals surface area contributed by atoms with Gasteiger partial charge in [0.1, 0.15) is 11.3 Å². The van der Waals surface area contributed by atoms with Crippen molar-refractivity contribution in [2.75, 3.05) is 18.5 Å². The van der Waals surface area contributed by atoms with E-state index < -0.39 is 11.9 Å². The number of nitrogens with one attached hydrogen (secondary N) is 2. The Hall–Kier alpha value is -3.62. The number of ether oxygens (including phenoxy) is 2. The number of aromatic nitrogens is 3. The molecule has 0 saturated carbocycles. The number of anilines is 1. The van der Waals surface area contributed by atoms with E-state index in [1.165, 1.54) is 17.6 Å². The van der Waals surface area contributed by atoms with E-state index in [0.717, 1.165) is 0 Å². The second-order valence-corrected chi connectivity index (χ2v) is 6.33. The molecule has 9 heteroatoms. The lowest BCUT2D eigenvalue weighted by atomic mass is 10.2. The molecule has 29 heavy (non-hydrogen) atoms. The number of rotatable bonds is 7. The SMILES string of the molecule is CCOc1ccc(NC(=O)c2c[nH]n3c(=O)c(CCOC(C)=O)c(C)nc23)cc1. The minimum absolute atomic E-state index is 0.0882. The van der Waals surface area contributed by atoms with Gasteiger partial charge in [0.15, 0.2) is 5.65 Å². The fourth-order valence-electron chi connectivity index (χ4n) is 2.91. The van der Waals surface area contributed by atoms with Gasteiger partial charge < -0.3 is 14.8 Å². The summed E-state index contributed by atoms with van der Waals surface area (Å²) in [5.74, 6) is -0.0977. The zero-order valence-corrected chi connectivity index (χ0v) is 16.4. The highest BCUT2D eigenvalue weighted by atomic mass is 16.5. The largest absolute Gasteiger partial charge is 0.494 e.